The van der Waals surface area contributed by atoms with Crippen molar-refractivity contribution in [2.24, 2.45) is 4.99 Å². The summed E-state index contributed by atoms with van der Waals surface area (Å²) < 4.78 is 0. The Bertz CT molecular complexity index is 821. The minimum absolute atomic E-state index is 0.0923. The molecule has 2 aromatic rings. The normalized spacial score (nSPS) is 10.9. The number of nitrogens with one attached hydrogen (secondary N) is 4. The first kappa shape index (κ1) is 21.9. The zero-order valence-electron chi connectivity index (χ0n) is 17.0. The maximum absolute atomic E-state index is 12.0. The van der Waals surface area contributed by atoms with Gasteiger partial charge in [-0.15, -0.1) is 0 Å². The first-order chi connectivity index (χ1) is 14.1. The highest BCUT2D eigenvalue weighted by Crippen LogP contribution is 2.06. The SMILES string of the molecule is CCNC(=NCCc1cccc(C(=O)NC)c1)NCCNC(=O)c1ccccc1. The second-order valence-electron chi connectivity index (χ2n) is 6.34. The monoisotopic (exact) mass is 395 g/mol. The van der Waals surface area contributed by atoms with E-state index in [-0.39, 0.29) is 11.8 Å². The minimum Gasteiger partial charge on any atom is -0.357 e. The number of rotatable bonds is 9. The van der Waals surface area contributed by atoms with Gasteiger partial charge >= 0.3 is 0 Å². The van der Waals surface area contributed by atoms with E-state index in [4.69, 9.17) is 0 Å². The Labute approximate surface area is 172 Å². The number of guanidine groups is 1. The molecule has 2 rings (SSSR count). The average molecular weight is 396 g/mol. The van der Waals surface area contributed by atoms with Crippen LogP contribution in [0.4, 0.5) is 0 Å². The summed E-state index contributed by atoms with van der Waals surface area (Å²) in [6.45, 7) is 4.39. The Morgan fingerprint density at radius 3 is 2.31 bits per heavy atom. The minimum atomic E-state index is -0.0945. The van der Waals surface area contributed by atoms with Gasteiger partial charge in [0.2, 0.25) is 0 Å². The lowest BCUT2D eigenvalue weighted by Gasteiger charge is -2.12. The first-order valence-electron chi connectivity index (χ1n) is 9.80. The van der Waals surface area contributed by atoms with Crippen LogP contribution in [0.1, 0.15) is 33.2 Å². The molecule has 4 N–H and O–H groups in total. The van der Waals surface area contributed by atoms with Gasteiger partial charge in [0.05, 0.1) is 0 Å². The summed E-state index contributed by atoms with van der Waals surface area (Å²) in [5.41, 5.74) is 2.35. The van der Waals surface area contributed by atoms with Crippen molar-refractivity contribution in [2.45, 2.75) is 13.3 Å². The number of hydrogen-bond acceptors (Lipinski definition) is 3. The smallest absolute Gasteiger partial charge is 0.251 e. The summed E-state index contributed by atoms with van der Waals surface area (Å²) in [6.07, 6.45) is 0.728. The van der Waals surface area contributed by atoms with E-state index < -0.39 is 0 Å². The van der Waals surface area contributed by atoms with Crippen molar-refractivity contribution in [1.82, 2.24) is 21.3 Å². The van der Waals surface area contributed by atoms with Crippen molar-refractivity contribution in [3.8, 4) is 0 Å². The van der Waals surface area contributed by atoms with Crippen molar-refractivity contribution >= 4 is 17.8 Å². The van der Waals surface area contributed by atoms with E-state index in [2.05, 4.69) is 26.3 Å². The Morgan fingerprint density at radius 2 is 1.59 bits per heavy atom. The van der Waals surface area contributed by atoms with Crippen LogP contribution in [0.5, 0.6) is 0 Å². The van der Waals surface area contributed by atoms with Crippen molar-refractivity contribution in [1.29, 1.82) is 0 Å². The third kappa shape index (κ3) is 7.65. The highest BCUT2D eigenvalue weighted by Gasteiger charge is 2.05. The summed E-state index contributed by atoms with van der Waals surface area (Å²) in [5.74, 6) is 0.511. The lowest BCUT2D eigenvalue weighted by atomic mass is 10.1. The molecular weight excluding hydrogens is 366 g/mol. The summed E-state index contributed by atoms with van der Waals surface area (Å²) in [6, 6.07) is 16.7. The number of hydrogen-bond donors (Lipinski definition) is 4. The van der Waals surface area contributed by atoms with Crippen LogP contribution in [0.2, 0.25) is 0 Å². The Hall–Kier alpha value is -3.35. The van der Waals surface area contributed by atoms with Crippen LogP contribution in [0.15, 0.2) is 59.6 Å². The molecule has 0 spiro atoms. The van der Waals surface area contributed by atoms with Crippen LogP contribution in [-0.4, -0.2) is 51.0 Å². The molecule has 0 fully saturated rings. The van der Waals surface area contributed by atoms with Crippen molar-refractivity contribution < 1.29 is 9.59 Å². The Balaban J connectivity index is 1.79. The van der Waals surface area contributed by atoms with Gasteiger partial charge in [-0.1, -0.05) is 30.3 Å². The first-order valence-corrected chi connectivity index (χ1v) is 9.80. The second-order valence-corrected chi connectivity index (χ2v) is 6.34. The quantitative estimate of drug-likeness (QED) is 0.295. The molecule has 29 heavy (non-hydrogen) atoms. The third-order valence-electron chi connectivity index (χ3n) is 4.17. The van der Waals surface area contributed by atoms with Crippen LogP contribution in [0.25, 0.3) is 0 Å². The van der Waals surface area contributed by atoms with Crippen LogP contribution in [-0.2, 0) is 6.42 Å². The van der Waals surface area contributed by atoms with Gasteiger partial charge in [-0.2, -0.15) is 0 Å². The summed E-state index contributed by atoms with van der Waals surface area (Å²) in [4.78, 5) is 28.3. The van der Waals surface area contributed by atoms with Crippen LogP contribution < -0.4 is 21.3 Å². The fourth-order valence-corrected chi connectivity index (χ4v) is 2.70. The van der Waals surface area contributed by atoms with E-state index in [1.807, 2.05) is 43.3 Å². The predicted molar refractivity (Wildman–Crippen MR) is 116 cm³/mol. The summed E-state index contributed by atoms with van der Waals surface area (Å²) >= 11 is 0. The van der Waals surface area contributed by atoms with Crippen LogP contribution in [0.3, 0.4) is 0 Å². The lowest BCUT2D eigenvalue weighted by Crippen LogP contribution is -2.41. The lowest BCUT2D eigenvalue weighted by molar-refractivity contribution is 0.0949. The second kappa shape index (κ2) is 12.2. The molecule has 0 aliphatic heterocycles. The van der Waals surface area contributed by atoms with Crippen LogP contribution in [0, 0.1) is 0 Å². The Kier molecular flexibility index (Phi) is 9.21. The predicted octanol–water partition coefficient (Wildman–Crippen LogP) is 1.57. The molecule has 0 atom stereocenters. The molecule has 0 saturated carbocycles. The molecular formula is C22H29N5O2. The molecule has 0 unspecified atom stereocenters. The Morgan fingerprint density at radius 1 is 0.862 bits per heavy atom. The molecule has 0 aliphatic carbocycles. The topological polar surface area (TPSA) is 94.6 Å². The fourth-order valence-electron chi connectivity index (χ4n) is 2.70. The van der Waals surface area contributed by atoms with E-state index in [1.54, 1.807) is 25.2 Å². The molecule has 0 aromatic heterocycles. The molecule has 0 heterocycles. The van der Waals surface area contributed by atoms with E-state index in [1.165, 1.54) is 0 Å². The largest absolute Gasteiger partial charge is 0.357 e. The highest BCUT2D eigenvalue weighted by molar-refractivity contribution is 5.94. The number of amides is 2. The summed E-state index contributed by atoms with van der Waals surface area (Å²) in [5, 5.41) is 11.9. The molecule has 2 aromatic carbocycles. The van der Waals surface area contributed by atoms with Gasteiger partial charge in [-0.3, -0.25) is 14.6 Å². The molecule has 2 amide bonds. The highest BCUT2D eigenvalue weighted by atomic mass is 16.2. The van der Waals surface area contributed by atoms with E-state index in [0.29, 0.717) is 36.7 Å². The van der Waals surface area contributed by atoms with Gasteiger partial charge in [0.25, 0.3) is 11.8 Å². The molecule has 154 valence electrons. The number of carbonyl (C=O) groups is 2. The van der Waals surface area contributed by atoms with Gasteiger partial charge in [0.15, 0.2) is 5.96 Å². The van der Waals surface area contributed by atoms with Crippen LogP contribution >= 0.6 is 0 Å². The standard InChI is InChI=1S/C22H29N5O2/c1-3-24-22(27-15-14-25-21(29)18-9-5-4-6-10-18)26-13-12-17-8-7-11-19(16-17)20(28)23-2/h4-11,16H,3,12-15H2,1-2H3,(H,23,28)(H,25,29)(H2,24,26,27). The molecule has 0 radical (unpaired) electrons. The van der Waals surface area contributed by atoms with Gasteiger partial charge in [-0.25, -0.2) is 0 Å². The summed E-state index contributed by atoms with van der Waals surface area (Å²) in [7, 11) is 1.62. The van der Waals surface area contributed by atoms with Gasteiger partial charge in [0.1, 0.15) is 0 Å². The van der Waals surface area contributed by atoms with Gasteiger partial charge in [0, 0.05) is 44.4 Å². The van der Waals surface area contributed by atoms with Crippen molar-refractivity contribution in [3.63, 3.8) is 0 Å². The van der Waals surface area contributed by atoms with Gasteiger partial charge in [-0.05, 0) is 43.2 Å². The zero-order valence-corrected chi connectivity index (χ0v) is 17.0. The molecule has 7 nitrogen and oxygen atoms in total. The van der Waals surface area contributed by atoms with E-state index in [9.17, 15) is 9.59 Å². The van der Waals surface area contributed by atoms with Crippen molar-refractivity contribution in [2.75, 3.05) is 33.2 Å². The zero-order chi connectivity index (χ0) is 20.9. The molecule has 0 saturated heterocycles. The number of nitrogens with zero attached hydrogens (tertiary/aromatic N) is 1. The van der Waals surface area contributed by atoms with Crippen molar-refractivity contribution in [3.05, 3.63) is 71.3 Å². The molecule has 7 heteroatoms. The van der Waals surface area contributed by atoms with E-state index in [0.717, 1.165) is 18.5 Å². The van der Waals surface area contributed by atoms with E-state index >= 15 is 0 Å². The number of carbonyl (C=O) groups excluding carboxylic acids is 2. The maximum atomic E-state index is 12.0. The third-order valence-corrected chi connectivity index (χ3v) is 4.17. The number of benzene rings is 2. The molecule has 0 aliphatic rings. The maximum Gasteiger partial charge on any atom is 0.251 e. The number of aliphatic imine (C=N–C) groups is 1. The molecule has 0 bridgehead atoms. The average Bonchev–Trinajstić information content (AvgIpc) is 2.76. The van der Waals surface area contributed by atoms with Gasteiger partial charge < -0.3 is 21.3 Å². The fraction of sp³-hybridized carbons (Fsp3) is 0.318.